The highest BCUT2D eigenvalue weighted by atomic mass is 32.2. The summed E-state index contributed by atoms with van der Waals surface area (Å²) in [5, 5.41) is 3.73. The van der Waals surface area contributed by atoms with Crippen LogP contribution in [-0.4, -0.2) is 40.9 Å². The lowest BCUT2D eigenvalue weighted by atomic mass is 10.2. The van der Waals surface area contributed by atoms with Crippen molar-refractivity contribution in [2.24, 2.45) is 0 Å². The number of benzene rings is 1. The van der Waals surface area contributed by atoms with Gasteiger partial charge in [-0.15, -0.1) is 0 Å². The largest absolute Gasteiger partial charge is 0.376 e. The molecule has 2 aromatic rings. The molecule has 1 saturated heterocycles. The molecule has 1 unspecified atom stereocenters. The zero-order chi connectivity index (χ0) is 15.4. The molecule has 1 atom stereocenters. The number of hydrogen-bond acceptors (Lipinski definition) is 5. The van der Waals surface area contributed by atoms with E-state index in [-0.39, 0.29) is 12.0 Å². The highest BCUT2D eigenvalue weighted by molar-refractivity contribution is 7.99. The number of thioether (sulfide) groups is 1. The van der Waals surface area contributed by atoms with Gasteiger partial charge in [-0.05, 0) is 31.9 Å². The van der Waals surface area contributed by atoms with Gasteiger partial charge in [0.05, 0.1) is 28.6 Å². The number of nitrogens with zero attached hydrogens (tertiary/aromatic N) is 2. The van der Waals surface area contributed by atoms with Crippen LogP contribution >= 0.6 is 11.8 Å². The molecule has 1 aromatic heterocycles. The van der Waals surface area contributed by atoms with Crippen LogP contribution in [0.1, 0.15) is 18.5 Å². The van der Waals surface area contributed by atoms with Crippen LogP contribution in [0, 0.1) is 6.92 Å². The fourth-order valence-corrected chi connectivity index (χ4v) is 3.21. The van der Waals surface area contributed by atoms with Gasteiger partial charge in [0.25, 0.3) is 0 Å². The Kier molecular flexibility index (Phi) is 4.90. The van der Waals surface area contributed by atoms with Crippen LogP contribution in [-0.2, 0) is 9.53 Å². The minimum Gasteiger partial charge on any atom is -0.376 e. The standard InChI is InChI=1S/C16H19N3O2S/c1-11-16(19-14-7-3-2-6-13(14)18-11)22-10-15(20)17-9-12-5-4-8-21-12/h2-3,6-7,12H,4-5,8-10H2,1H3,(H,17,20). The van der Waals surface area contributed by atoms with Gasteiger partial charge in [0, 0.05) is 13.2 Å². The van der Waals surface area contributed by atoms with E-state index in [1.165, 1.54) is 11.8 Å². The Hall–Kier alpha value is -1.66. The van der Waals surface area contributed by atoms with Gasteiger partial charge in [-0.2, -0.15) is 0 Å². The molecular formula is C16H19N3O2S. The van der Waals surface area contributed by atoms with Crippen molar-refractivity contribution in [3.8, 4) is 0 Å². The smallest absolute Gasteiger partial charge is 0.230 e. The molecule has 0 bridgehead atoms. The van der Waals surface area contributed by atoms with Crippen molar-refractivity contribution in [2.45, 2.75) is 30.9 Å². The molecule has 0 aliphatic carbocycles. The lowest BCUT2D eigenvalue weighted by Gasteiger charge is -2.11. The molecule has 5 nitrogen and oxygen atoms in total. The van der Waals surface area contributed by atoms with Gasteiger partial charge in [0.2, 0.25) is 5.91 Å². The molecular weight excluding hydrogens is 298 g/mol. The van der Waals surface area contributed by atoms with Gasteiger partial charge in [0.15, 0.2) is 0 Å². The van der Waals surface area contributed by atoms with E-state index in [9.17, 15) is 4.79 Å². The fourth-order valence-electron chi connectivity index (χ4n) is 2.43. The molecule has 116 valence electrons. The van der Waals surface area contributed by atoms with Crippen molar-refractivity contribution in [3.63, 3.8) is 0 Å². The third-order valence-corrected chi connectivity index (χ3v) is 4.66. The second-order valence-corrected chi connectivity index (χ2v) is 6.29. The number of rotatable bonds is 5. The first kappa shape index (κ1) is 15.2. The number of amides is 1. The van der Waals surface area contributed by atoms with E-state index in [1.54, 1.807) is 0 Å². The molecule has 0 spiro atoms. The highest BCUT2D eigenvalue weighted by Crippen LogP contribution is 2.21. The maximum absolute atomic E-state index is 11.9. The fraction of sp³-hybridized carbons (Fsp3) is 0.438. The molecule has 3 rings (SSSR count). The van der Waals surface area contributed by atoms with E-state index in [0.29, 0.717) is 12.3 Å². The van der Waals surface area contributed by atoms with Gasteiger partial charge in [0.1, 0.15) is 5.03 Å². The Bertz CT molecular complexity index is 671. The maximum atomic E-state index is 11.9. The summed E-state index contributed by atoms with van der Waals surface area (Å²) in [5.74, 6) is 0.357. The maximum Gasteiger partial charge on any atom is 0.230 e. The van der Waals surface area contributed by atoms with Crippen LogP contribution in [0.4, 0.5) is 0 Å². The first-order valence-electron chi connectivity index (χ1n) is 7.47. The summed E-state index contributed by atoms with van der Waals surface area (Å²) in [4.78, 5) is 21.0. The molecule has 2 heterocycles. The van der Waals surface area contributed by atoms with E-state index in [1.807, 2.05) is 31.2 Å². The molecule has 1 amide bonds. The van der Waals surface area contributed by atoms with E-state index >= 15 is 0 Å². The Balaban J connectivity index is 1.56. The molecule has 22 heavy (non-hydrogen) atoms. The lowest BCUT2D eigenvalue weighted by Crippen LogP contribution is -2.32. The Labute approximate surface area is 133 Å². The second-order valence-electron chi connectivity index (χ2n) is 5.33. The summed E-state index contributed by atoms with van der Waals surface area (Å²) in [7, 11) is 0. The molecule has 1 fully saturated rings. The van der Waals surface area contributed by atoms with Crippen LogP contribution in [0.5, 0.6) is 0 Å². The first-order valence-corrected chi connectivity index (χ1v) is 8.45. The minimum atomic E-state index is 0.00913. The van der Waals surface area contributed by atoms with Crippen LogP contribution in [0.2, 0.25) is 0 Å². The van der Waals surface area contributed by atoms with Crippen LogP contribution < -0.4 is 5.32 Å². The van der Waals surface area contributed by atoms with Gasteiger partial charge in [-0.25, -0.2) is 9.97 Å². The molecule has 1 aliphatic heterocycles. The van der Waals surface area contributed by atoms with Crippen molar-refractivity contribution in [1.82, 2.24) is 15.3 Å². The van der Waals surface area contributed by atoms with E-state index in [4.69, 9.17) is 4.74 Å². The molecule has 0 saturated carbocycles. The number of para-hydroxylation sites is 2. The predicted molar refractivity (Wildman–Crippen MR) is 87.0 cm³/mol. The lowest BCUT2D eigenvalue weighted by molar-refractivity contribution is -0.119. The Morgan fingerprint density at radius 2 is 2.14 bits per heavy atom. The first-order chi connectivity index (χ1) is 10.7. The predicted octanol–water partition coefficient (Wildman–Crippen LogP) is 2.33. The van der Waals surface area contributed by atoms with Crippen molar-refractivity contribution < 1.29 is 9.53 Å². The summed E-state index contributed by atoms with van der Waals surface area (Å²) >= 11 is 1.43. The number of nitrogens with one attached hydrogen (secondary N) is 1. The van der Waals surface area contributed by atoms with Crippen LogP contribution in [0.15, 0.2) is 29.3 Å². The number of aromatic nitrogens is 2. The van der Waals surface area contributed by atoms with E-state index in [0.717, 1.165) is 41.2 Å². The number of carbonyl (C=O) groups is 1. The average Bonchev–Trinajstić information content (AvgIpc) is 3.04. The van der Waals surface area contributed by atoms with Crippen molar-refractivity contribution in [1.29, 1.82) is 0 Å². The average molecular weight is 317 g/mol. The van der Waals surface area contributed by atoms with Crippen LogP contribution in [0.25, 0.3) is 11.0 Å². The monoisotopic (exact) mass is 317 g/mol. The zero-order valence-electron chi connectivity index (χ0n) is 12.5. The van der Waals surface area contributed by atoms with Crippen molar-refractivity contribution in [3.05, 3.63) is 30.0 Å². The Morgan fingerprint density at radius 3 is 2.86 bits per heavy atom. The molecule has 1 aliphatic rings. The van der Waals surface area contributed by atoms with Crippen molar-refractivity contribution in [2.75, 3.05) is 18.9 Å². The molecule has 0 radical (unpaired) electrons. The number of hydrogen-bond donors (Lipinski definition) is 1. The quantitative estimate of drug-likeness (QED) is 0.858. The van der Waals surface area contributed by atoms with Crippen LogP contribution in [0.3, 0.4) is 0 Å². The molecule has 1 aromatic carbocycles. The van der Waals surface area contributed by atoms with Gasteiger partial charge in [-0.3, -0.25) is 4.79 Å². The zero-order valence-corrected chi connectivity index (χ0v) is 13.4. The SMILES string of the molecule is Cc1nc2ccccc2nc1SCC(=O)NCC1CCCO1. The van der Waals surface area contributed by atoms with Gasteiger partial charge >= 0.3 is 0 Å². The number of aryl methyl sites for hydroxylation is 1. The second kappa shape index (κ2) is 7.07. The van der Waals surface area contributed by atoms with Gasteiger partial charge < -0.3 is 10.1 Å². The summed E-state index contributed by atoms with van der Waals surface area (Å²) in [6.45, 7) is 3.33. The van der Waals surface area contributed by atoms with Gasteiger partial charge in [-0.1, -0.05) is 23.9 Å². The molecule has 6 heteroatoms. The Morgan fingerprint density at radius 1 is 1.36 bits per heavy atom. The molecule has 1 N–H and O–H groups in total. The third-order valence-electron chi connectivity index (χ3n) is 3.59. The summed E-state index contributed by atoms with van der Waals surface area (Å²) in [6, 6.07) is 7.76. The summed E-state index contributed by atoms with van der Waals surface area (Å²) in [5.41, 5.74) is 2.60. The van der Waals surface area contributed by atoms with E-state index in [2.05, 4.69) is 15.3 Å². The normalized spacial score (nSPS) is 17.8. The topological polar surface area (TPSA) is 64.1 Å². The number of fused-ring (bicyclic) bond motifs is 1. The highest BCUT2D eigenvalue weighted by Gasteiger charge is 2.16. The number of carbonyl (C=O) groups excluding carboxylic acids is 1. The minimum absolute atomic E-state index is 0.00913. The summed E-state index contributed by atoms with van der Waals surface area (Å²) in [6.07, 6.45) is 2.29. The summed E-state index contributed by atoms with van der Waals surface area (Å²) < 4.78 is 5.49. The van der Waals surface area contributed by atoms with E-state index < -0.39 is 0 Å². The third kappa shape index (κ3) is 3.75. The number of ether oxygens (including phenoxy) is 1. The van der Waals surface area contributed by atoms with Crippen molar-refractivity contribution >= 4 is 28.7 Å².